The van der Waals surface area contributed by atoms with Crippen LogP contribution in [0.15, 0.2) is 18.2 Å². The summed E-state index contributed by atoms with van der Waals surface area (Å²) in [4.78, 5) is 0. The van der Waals surface area contributed by atoms with Gasteiger partial charge in [-0.1, -0.05) is 0 Å². The van der Waals surface area contributed by atoms with Gasteiger partial charge in [-0.05, 0) is 31.0 Å². The van der Waals surface area contributed by atoms with E-state index < -0.39 is 9.84 Å². The molecule has 0 saturated carbocycles. The standard InChI is InChI=1S/C14H18N2O3S/c1-19-14-5-4-11(8-15)7-12(14)9-16-13-3-2-6-20(17,18)10-13/h4-5,7,13,16H,2-3,6,9-10H2,1H3. The van der Waals surface area contributed by atoms with Gasteiger partial charge in [0.1, 0.15) is 5.75 Å². The molecule has 108 valence electrons. The van der Waals surface area contributed by atoms with E-state index >= 15 is 0 Å². The van der Waals surface area contributed by atoms with Crippen LogP contribution in [0.1, 0.15) is 24.0 Å². The average Bonchev–Trinajstić information content (AvgIpc) is 2.43. The van der Waals surface area contributed by atoms with Crippen LogP contribution in [0, 0.1) is 11.3 Å². The minimum absolute atomic E-state index is 0.0239. The van der Waals surface area contributed by atoms with Gasteiger partial charge in [-0.25, -0.2) is 8.42 Å². The van der Waals surface area contributed by atoms with Crippen molar-refractivity contribution in [3.63, 3.8) is 0 Å². The molecular formula is C14H18N2O3S. The lowest BCUT2D eigenvalue weighted by Gasteiger charge is -2.23. The number of nitrogens with one attached hydrogen (secondary N) is 1. The molecule has 0 aliphatic carbocycles. The van der Waals surface area contributed by atoms with Gasteiger partial charge in [0.05, 0.1) is 30.2 Å². The fourth-order valence-electron chi connectivity index (χ4n) is 2.42. The zero-order valence-electron chi connectivity index (χ0n) is 11.4. The Hall–Kier alpha value is -1.58. The molecule has 0 spiro atoms. The number of benzene rings is 1. The summed E-state index contributed by atoms with van der Waals surface area (Å²) < 4.78 is 28.4. The molecule has 20 heavy (non-hydrogen) atoms. The maximum Gasteiger partial charge on any atom is 0.151 e. The fourth-order valence-corrected chi connectivity index (χ4v) is 4.10. The lowest BCUT2D eigenvalue weighted by Crippen LogP contribution is -2.39. The number of ether oxygens (including phenoxy) is 1. The maximum absolute atomic E-state index is 11.6. The first-order valence-electron chi connectivity index (χ1n) is 6.55. The lowest BCUT2D eigenvalue weighted by atomic mass is 10.1. The molecule has 1 aromatic rings. The maximum atomic E-state index is 11.6. The molecule has 2 rings (SSSR count). The van der Waals surface area contributed by atoms with E-state index in [0.29, 0.717) is 30.0 Å². The van der Waals surface area contributed by atoms with E-state index in [9.17, 15) is 8.42 Å². The van der Waals surface area contributed by atoms with Crippen LogP contribution in [-0.2, 0) is 16.4 Å². The summed E-state index contributed by atoms with van der Waals surface area (Å²) in [5.74, 6) is 1.18. The van der Waals surface area contributed by atoms with Crippen molar-refractivity contribution in [2.24, 2.45) is 0 Å². The van der Waals surface area contributed by atoms with Crippen LogP contribution < -0.4 is 10.1 Å². The summed E-state index contributed by atoms with van der Waals surface area (Å²) >= 11 is 0. The highest BCUT2D eigenvalue weighted by Crippen LogP contribution is 2.20. The largest absolute Gasteiger partial charge is 0.496 e. The Morgan fingerprint density at radius 1 is 1.50 bits per heavy atom. The van der Waals surface area contributed by atoms with Crippen molar-refractivity contribution >= 4 is 9.84 Å². The van der Waals surface area contributed by atoms with Crippen LogP contribution in [0.25, 0.3) is 0 Å². The normalized spacial score (nSPS) is 21.1. The van der Waals surface area contributed by atoms with E-state index in [1.807, 2.05) is 0 Å². The highest BCUT2D eigenvalue weighted by Gasteiger charge is 2.24. The number of methoxy groups -OCH3 is 1. The highest BCUT2D eigenvalue weighted by molar-refractivity contribution is 7.91. The number of hydrogen-bond acceptors (Lipinski definition) is 5. The van der Waals surface area contributed by atoms with Crippen LogP contribution in [-0.4, -0.2) is 33.1 Å². The van der Waals surface area contributed by atoms with E-state index in [1.165, 1.54) is 0 Å². The van der Waals surface area contributed by atoms with Crippen molar-refractivity contribution in [3.05, 3.63) is 29.3 Å². The lowest BCUT2D eigenvalue weighted by molar-refractivity contribution is 0.404. The van der Waals surface area contributed by atoms with E-state index in [2.05, 4.69) is 11.4 Å². The van der Waals surface area contributed by atoms with Crippen LogP contribution in [0.3, 0.4) is 0 Å². The van der Waals surface area contributed by atoms with Crippen molar-refractivity contribution in [3.8, 4) is 11.8 Å². The molecule has 1 atom stereocenters. The summed E-state index contributed by atoms with van der Waals surface area (Å²) in [5.41, 5.74) is 1.44. The molecule has 0 bridgehead atoms. The number of rotatable bonds is 4. The minimum atomic E-state index is -2.91. The first-order chi connectivity index (χ1) is 9.54. The molecule has 1 aliphatic rings. The smallest absolute Gasteiger partial charge is 0.151 e. The third kappa shape index (κ3) is 3.71. The minimum Gasteiger partial charge on any atom is -0.496 e. The Bertz CT molecular complexity index is 620. The summed E-state index contributed by atoms with van der Waals surface area (Å²) in [7, 11) is -1.33. The van der Waals surface area contributed by atoms with Crippen LogP contribution >= 0.6 is 0 Å². The Morgan fingerprint density at radius 3 is 2.95 bits per heavy atom. The van der Waals surface area contributed by atoms with Crippen molar-refractivity contribution in [1.29, 1.82) is 5.26 Å². The van der Waals surface area contributed by atoms with E-state index in [4.69, 9.17) is 10.00 Å². The monoisotopic (exact) mass is 294 g/mol. The molecule has 1 unspecified atom stereocenters. The first-order valence-corrected chi connectivity index (χ1v) is 8.37. The van der Waals surface area contributed by atoms with Gasteiger partial charge in [0.15, 0.2) is 9.84 Å². The van der Waals surface area contributed by atoms with Gasteiger partial charge in [-0.2, -0.15) is 5.26 Å². The molecule has 0 radical (unpaired) electrons. The van der Waals surface area contributed by atoms with Gasteiger partial charge < -0.3 is 10.1 Å². The quantitative estimate of drug-likeness (QED) is 0.903. The average molecular weight is 294 g/mol. The summed E-state index contributed by atoms with van der Waals surface area (Å²) in [5, 5.41) is 12.2. The molecule has 5 nitrogen and oxygen atoms in total. The Labute approximate surface area is 119 Å². The van der Waals surface area contributed by atoms with Gasteiger partial charge in [0.25, 0.3) is 0 Å². The van der Waals surface area contributed by atoms with Crippen LogP contribution in [0.5, 0.6) is 5.75 Å². The van der Waals surface area contributed by atoms with E-state index in [1.54, 1.807) is 25.3 Å². The first kappa shape index (κ1) is 14.8. The molecule has 1 aromatic carbocycles. The molecule has 1 saturated heterocycles. The molecule has 1 fully saturated rings. The van der Waals surface area contributed by atoms with Gasteiger partial charge in [0.2, 0.25) is 0 Å². The summed E-state index contributed by atoms with van der Waals surface area (Å²) in [6.07, 6.45) is 1.56. The predicted octanol–water partition coefficient (Wildman–Crippen LogP) is 1.23. The second-order valence-corrected chi connectivity index (χ2v) is 7.20. The summed E-state index contributed by atoms with van der Waals surface area (Å²) in [6.45, 7) is 0.499. The highest BCUT2D eigenvalue weighted by atomic mass is 32.2. The second-order valence-electron chi connectivity index (χ2n) is 4.97. The zero-order chi connectivity index (χ0) is 14.6. The molecule has 6 heteroatoms. The number of nitriles is 1. The van der Waals surface area contributed by atoms with Crippen molar-refractivity contribution in [2.75, 3.05) is 18.6 Å². The Morgan fingerprint density at radius 2 is 2.30 bits per heavy atom. The predicted molar refractivity (Wildman–Crippen MR) is 76.2 cm³/mol. The SMILES string of the molecule is COc1ccc(C#N)cc1CNC1CCCS(=O)(=O)C1. The third-order valence-corrected chi connectivity index (χ3v) is 5.27. The van der Waals surface area contributed by atoms with E-state index in [0.717, 1.165) is 12.0 Å². The van der Waals surface area contributed by atoms with Crippen molar-refractivity contribution in [2.45, 2.75) is 25.4 Å². The molecule has 1 N–H and O–H groups in total. The molecule has 1 aliphatic heterocycles. The van der Waals surface area contributed by atoms with Crippen LogP contribution in [0.2, 0.25) is 0 Å². The molecular weight excluding hydrogens is 276 g/mol. The van der Waals surface area contributed by atoms with E-state index in [-0.39, 0.29) is 11.8 Å². The second kappa shape index (κ2) is 6.25. The summed E-state index contributed by atoms with van der Waals surface area (Å²) in [6, 6.07) is 7.29. The number of sulfone groups is 1. The number of nitrogens with zero attached hydrogens (tertiary/aromatic N) is 1. The van der Waals surface area contributed by atoms with Gasteiger partial charge >= 0.3 is 0 Å². The topological polar surface area (TPSA) is 79.2 Å². The van der Waals surface area contributed by atoms with Gasteiger partial charge in [-0.15, -0.1) is 0 Å². The number of hydrogen-bond donors (Lipinski definition) is 1. The fraction of sp³-hybridized carbons (Fsp3) is 0.500. The third-order valence-electron chi connectivity index (χ3n) is 3.45. The Balaban J connectivity index is 2.05. The van der Waals surface area contributed by atoms with Gasteiger partial charge in [-0.3, -0.25) is 0 Å². The molecule has 0 amide bonds. The Kier molecular flexibility index (Phi) is 4.63. The van der Waals surface area contributed by atoms with Gasteiger partial charge in [0, 0.05) is 18.2 Å². The van der Waals surface area contributed by atoms with Crippen molar-refractivity contribution in [1.82, 2.24) is 5.32 Å². The zero-order valence-corrected chi connectivity index (χ0v) is 12.2. The molecule has 0 aromatic heterocycles. The van der Waals surface area contributed by atoms with Crippen molar-refractivity contribution < 1.29 is 13.2 Å². The van der Waals surface area contributed by atoms with Crippen LogP contribution in [0.4, 0.5) is 0 Å². The molecule has 1 heterocycles.